The standard InChI is InChI=1S/C24H25N3O2S/c1-27(19-7-3-2-4-8-19)24(29)17-11-13-18(14-12-17)25-22(28)15-16-23-26-20-9-5-6-10-21(20)30-23/h5-6,9-16,19H,2-4,7-8H2,1H3,(H,25,28). The second kappa shape index (κ2) is 9.22. The molecule has 1 aromatic heterocycles. The number of fused-ring (bicyclic) bond motifs is 1. The molecule has 0 spiro atoms. The van der Waals surface area contributed by atoms with Gasteiger partial charge in [-0.15, -0.1) is 11.3 Å². The van der Waals surface area contributed by atoms with Crippen LogP contribution in [0.1, 0.15) is 47.5 Å². The van der Waals surface area contributed by atoms with Crippen molar-refractivity contribution < 1.29 is 9.59 Å². The average molecular weight is 420 g/mol. The van der Waals surface area contributed by atoms with Gasteiger partial charge in [0, 0.05) is 30.4 Å². The Bertz CT molecular complexity index is 1030. The van der Waals surface area contributed by atoms with Crippen LogP contribution in [0.3, 0.4) is 0 Å². The molecule has 1 fully saturated rings. The van der Waals surface area contributed by atoms with E-state index in [-0.39, 0.29) is 11.8 Å². The van der Waals surface area contributed by atoms with Gasteiger partial charge >= 0.3 is 0 Å². The minimum atomic E-state index is -0.229. The number of carbonyl (C=O) groups is 2. The van der Waals surface area contributed by atoms with E-state index in [1.54, 1.807) is 41.7 Å². The van der Waals surface area contributed by atoms with Crippen molar-refractivity contribution in [3.63, 3.8) is 0 Å². The third-order valence-corrected chi connectivity index (χ3v) is 6.53. The predicted octanol–water partition coefficient (Wildman–Crippen LogP) is 5.35. The van der Waals surface area contributed by atoms with Crippen molar-refractivity contribution in [1.29, 1.82) is 0 Å². The molecular weight excluding hydrogens is 394 g/mol. The maximum atomic E-state index is 12.7. The molecule has 0 bridgehead atoms. The Morgan fingerprint density at radius 2 is 1.80 bits per heavy atom. The maximum Gasteiger partial charge on any atom is 0.253 e. The summed E-state index contributed by atoms with van der Waals surface area (Å²) in [5, 5.41) is 3.62. The van der Waals surface area contributed by atoms with Crippen molar-refractivity contribution in [1.82, 2.24) is 9.88 Å². The third kappa shape index (κ3) is 4.76. The van der Waals surface area contributed by atoms with Crippen LogP contribution in [-0.4, -0.2) is 34.8 Å². The highest BCUT2D eigenvalue weighted by atomic mass is 32.1. The van der Waals surface area contributed by atoms with Gasteiger partial charge in [-0.1, -0.05) is 31.4 Å². The van der Waals surface area contributed by atoms with E-state index in [0.29, 0.717) is 17.3 Å². The van der Waals surface area contributed by atoms with Crippen LogP contribution in [0.2, 0.25) is 0 Å². The topological polar surface area (TPSA) is 62.3 Å². The molecule has 1 aliphatic carbocycles. The lowest BCUT2D eigenvalue weighted by atomic mass is 9.94. The number of carbonyl (C=O) groups excluding carboxylic acids is 2. The summed E-state index contributed by atoms with van der Waals surface area (Å²) in [6, 6.07) is 15.3. The molecule has 154 valence electrons. The number of rotatable bonds is 5. The summed E-state index contributed by atoms with van der Waals surface area (Å²) in [5.74, 6) is -0.192. The smallest absolute Gasteiger partial charge is 0.253 e. The fourth-order valence-electron chi connectivity index (χ4n) is 3.83. The Morgan fingerprint density at radius 3 is 2.53 bits per heavy atom. The molecule has 2 amide bonds. The average Bonchev–Trinajstić information content (AvgIpc) is 3.21. The minimum absolute atomic E-state index is 0.0375. The van der Waals surface area contributed by atoms with Crippen molar-refractivity contribution in [3.05, 3.63) is 65.2 Å². The molecule has 1 saturated carbocycles. The molecular formula is C24H25N3O2S. The zero-order chi connectivity index (χ0) is 20.9. The van der Waals surface area contributed by atoms with Gasteiger partial charge in [-0.05, 0) is 55.3 Å². The van der Waals surface area contributed by atoms with Crippen LogP contribution in [0.5, 0.6) is 0 Å². The van der Waals surface area contributed by atoms with Crippen molar-refractivity contribution >= 4 is 45.1 Å². The lowest BCUT2D eigenvalue weighted by molar-refractivity contribution is -0.111. The molecule has 6 heteroatoms. The van der Waals surface area contributed by atoms with E-state index in [0.717, 1.165) is 28.1 Å². The van der Waals surface area contributed by atoms with Crippen molar-refractivity contribution in [2.45, 2.75) is 38.1 Å². The number of amides is 2. The van der Waals surface area contributed by atoms with E-state index in [1.165, 1.54) is 25.3 Å². The van der Waals surface area contributed by atoms with Gasteiger partial charge < -0.3 is 10.2 Å². The maximum absolute atomic E-state index is 12.7. The normalized spacial score (nSPS) is 14.8. The first kappa shape index (κ1) is 20.3. The van der Waals surface area contributed by atoms with Crippen LogP contribution in [0.15, 0.2) is 54.6 Å². The molecule has 0 saturated heterocycles. The van der Waals surface area contributed by atoms with Gasteiger partial charge in [-0.3, -0.25) is 9.59 Å². The molecule has 5 nitrogen and oxygen atoms in total. The second-order valence-electron chi connectivity index (χ2n) is 7.63. The summed E-state index contributed by atoms with van der Waals surface area (Å²) in [4.78, 5) is 31.3. The summed E-state index contributed by atoms with van der Waals surface area (Å²) < 4.78 is 1.09. The molecule has 4 rings (SSSR count). The van der Waals surface area contributed by atoms with E-state index in [1.807, 2.05) is 36.2 Å². The lowest BCUT2D eigenvalue weighted by Crippen LogP contribution is -2.38. The number of benzene rings is 2. The van der Waals surface area contributed by atoms with Gasteiger partial charge in [0.15, 0.2) is 0 Å². The Balaban J connectivity index is 1.35. The van der Waals surface area contributed by atoms with Gasteiger partial charge in [0.1, 0.15) is 5.01 Å². The van der Waals surface area contributed by atoms with E-state index in [4.69, 9.17) is 0 Å². The molecule has 0 aliphatic heterocycles. The van der Waals surface area contributed by atoms with Gasteiger partial charge in [0.2, 0.25) is 5.91 Å². The molecule has 2 aromatic carbocycles. The van der Waals surface area contributed by atoms with Gasteiger partial charge in [0.25, 0.3) is 5.91 Å². The van der Waals surface area contributed by atoms with Crippen molar-refractivity contribution in [3.8, 4) is 0 Å². The number of anilines is 1. The number of para-hydroxylation sites is 1. The number of nitrogens with one attached hydrogen (secondary N) is 1. The molecule has 1 N–H and O–H groups in total. The van der Waals surface area contributed by atoms with E-state index < -0.39 is 0 Å². The Kier molecular flexibility index (Phi) is 6.23. The Labute approximate surface area is 180 Å². The Hall–Kier alpha value is -2.99. The fraction of sp³-hybridized carbons (Fsp3) is 0.292. The zero-order valence-corrected chi connectivity index (χ0v) is 17.8. The largest absolute Gasteiger partial charge is 0.339 e. The van der Waals surface area contributed by atoms with E-state index >= 15 is 0 Å². The molecule has 0 radical (unpaired) electrons. The predicted molar refractivity (Wildman–Crippen MR) is 123 cm³/mol. The number of hydrogen-bond acceptors (Lipinski definition) is 4. The van der Waals surface area contributed by atoms with Crippen LogP contribution in [0, 0.1) is 0 Å². The summed E-state index contributed by atoms with van der Waals surface area (Å²) in [7, 11) is 1.89. The van der Waals surface area contributed by atoms with Crippen LogP contribution >= 0.6 is 11.3 Å². The molecule has 1 aliphatic rings. The summed E-state index contributed by atoms with van der Waals surface area (Å²) in [5.41, 5.74) is 2.23. The first-order valence-corrected chi connectivity index (χ1v) is 11.1. The van der Waals surface area contributed by atoms with Crippen molar-refractivity contribution in [2.24, 2.45) is 0 Å². The monoisotopic (exact) mass is 419 g/mol. The highest BCUT2D eigenvalue weighted by molar-refractivity contribution is 7.19. The quantitative estimate of drug-likeness (QED) is 0.567. The van der Waals surface area contributed by atoms with Crippen LogP contribution in [0.4, 0.5) is 5.69 Å². The van der Waals surface area contributed by atoms with Crippen LogP contribution < -0.4 is 5.32 Å². The lowest BCUT2D eigenvalue weighted by Gasteiger charge is -2.31. The number of thiazole rings is 1. The van der Waals surface area contributed by atoms with Gasteiger partial charge in [-0.25, -0.2) is 4.98 Å². The highest BCUT2D eigenvalue weighted by Crippen LogP contribution is 2.24. The van der Waals surface area contributed by atoms with Crippen LogP contribution in [0.25, 0.3) is 16.3 Å². The molecule has 0 atom stereocenters. The first-order chi connectivity index (χ1) is 14.6. The van der Waals surface area contributed by atoms with E-state index in [2.05, 4.69) is 10.3 Å². The second-order valence-corrected chi connectivity index (χ2v) is 8.69. The molecule has 3 aromatic rings. The fourth-order valence-corrected chi connectivity index (χ4v) is 4.70. The number of hydrogen-bond donors (Lipinski definition) is 1. The highest BCUT2D eigenvalue weighted by Gasteiger charge is 2.22. The van der Waals surface area contributed by atoms with Crippen LogP contribution in [-0.2, 0) is 4.79 Å². The molecule has 0 unspecified atom stereocenters. The molecule has 30 heavy (non-hydrogen) atoms. The third-order valence-electron chi connectivity index (χ3n) is 5.53. The van der Waals surface area contributed by atoms with Crippen molar-refractivity contribution in [2.75, 3.05) is 12.4 Å². The SMILES string of the molecule is CN(C(=O)c1ccc(NC(=O)C=Cc2nc3ccccc3s2)cc1)C1CCCCC1. The van der Waals surface area contributed by atoms with Gasteiger partial charge in [-0.2, -0.15) is 0 Å². The summed E-state index contributed by atoms with van der Waals surface area (Å²) in [6.07, 6.45) is 9.01. The minimum Gasteiger partial charge on any atom is -0.339 e. The summed E-state index contributed by atoms with van der Waals surface area (Å²) >= 11 is 1.54. The summed E-state index contributed by atoms with van der Waals surface area (Å²) in [6.45, 7) is 0. The number of nitrogens with zero attached hydrogens (tertiary/aromatic N) is 2. The van der Waals surface area contributed by atoms with Gasteiger partial charge in [0.05, 0.1) is 10.2 Å². The van der Waals surface area contributed by atoms with E-state index in [9.17, 15) is 9.59 Å². The zero-order valence-electron chi connectivity index (χ0n) is 17.0. The first-order valence-electron chi connectivity index (χ1n) is 10.3. The number of aromatic nitrogens is 1. The molecule has 1 heterocycles. The Morgan fingerprint density at radius 1 is 1.07 bits per heavy atom.